The SMILES string of the molecule is CCOc1ccc(-c2c(-c3ccccc3)ncn2[C@H](C(N)=O)C(C)C)cc1CO. The van der Waals surface area contributed by atoms with E-state index in [9.17, 15) is 9.90 Å². The molecule has 3 rings (SSSR count). The maximum Gasteiger partial charge on any atom is 0.240 e. The molecule has 1 heterocycles. The van der Waals surface area contributed by atoms with Gasteiger partial charge in [0.15, 0.2) is 0 Å². The molecule has 0 unspecified atom stereocenters. The van der Waals surface area contributed by atoms with Gasteiger partial charge in [0.1, 0.15) is 11.8 Å². The Morgan fingerprint density at radius 1 is 1.17 bits per heavy atom. The first-order valence-corrected chi connectivity index (χ1v) is 9.76. The molecule has 0 radical (unpaired) electrons. The van der Waals surface area contributed by atoms with Crippen molar-refractivity contribution in [1.82, 2.24) is 9.55 Å². The van der Waals surface area contributed by atoms with Gasteiger partial charge in [0.05, 0.1) is 30.9 Å². The molecule has 6 heteroatoms. The monoisotopic (exact) mass is 393 g/mol. The van der Waals surface area contributed by atoms with Crippen LogP contribution in [0.3, 0.4) is 0 Å². The van der Waals surface area contributed by atoms with Gasteiger partial charge in [-0.05, 0) is 31.0 Å². The van der Waals surface area contributed by atoms with Crippen LogP contribution in [0.4, 0.5) is 0 Å². The van der Waals surface area contributed by atoms with Crippen LogP contribution in [0.5, 0.6) is 5.75 Å². The van der Waals surface area contributed by atoms with Gasteiger partial charge in [-0.2, -0.15) is 0 Å². The van der Waals surface area contributed by atoms with E-state index in [1.54, 1.807) is 6.33 Å². The van der Waals surface area contributed by atoms with Gasteiger partial charge < -0.3 is 20.1 Å². The fourth-order valence-corrected chi connectivity index (χ4v) is 3.60. The van der Waals surface area contributed by atoms with Crippen molar-refractivity contribution in [2.75, 3.05) is 6.61 Å². The Bertz CT molecular complexity index is 980. The van der Waals surface area contributed by atoms with Crippen LogP contribution >= 0.6 is 0 Å². The average Bonchev–Trinajstić information content (AvgIpc) is 3.13. The third-order valence-corrected chi connectivity index (χ3v) is 4.87. The van der Waals surface area contributed by atoms with Crippen molar-refractivity contribution in [2.45, 2.75) is 33.4 Å². The maximum absolute atomic E-state index is 12.2. The third kappa shape index (κ3) is 4.17. The second-order valence-electron chi connectivity index (χ2n) is 7.22. The molecule has 29 heavy (non-hydrogen) atoms. The maximum atomic E-state index is 12.2. The number of hydrogen-bond donors (Lipinski definition) is 2. The summed E-state index contributed by atoms with van der Waals surface area (Å²) in [7, 11) is 0. The Balaban J connectivity index is 2.25. The minimum Gasteiger partial charge on any atom is -0.494 e. The molecule has 6 nitrogen and oxygen atoms in total. The summed E-state index contributed by atoms with van der Waals surface area (Å²) in [5.41, 5.74) is 9.72. The highest BCUT2D eigenvalue weighted by atomic mass is 16.5. The highest BCUT2D eigenvalue weighted by Crippen LogP contribution is 2.36. The van der Waals surface area contributed by atoms with Gasteiger partial charge in [0.25, 0.3) is 0 Å². The standard InChI is InChI=1S/C23H27N3O3/c1-4-29-19-11-10-17(12-18(19)13-27)22-20(16-8-6-5-7-9-16)25-14-26(22)21(15(2)3)23(24)28/h5-12,14-15,21,27H,4,13H2,1-3H3,(H2,24,28)/t21-/m0/s1. The minimum atomic E-state index is -0.542. The van der Waals surface area contributed by atoms with Crippen molar-refractivity contribution in [1.29, 1.82) is 0 Å². The van der Waals surface area contributed by atoms with E-state index in [1.165, 1.54) is 0 Å². The average molecular weight is 393 g/mol. The number of nitrogens with zero attached hydrogens (tertiary/aromatic N) is 2. The molecule has 152 valence electrons. The van der Waals surface area contributed by atoms with Crippen molar-refractivity contribution in [3.8, 4) is 28.3 Å². The summed E-state index contributed by atoms with van der Waals surface area (Å²) in [5, 5.41) is 9.83. The lowest BCUT2D eigenvalue weighted by Gasteiger charge is -2.22. The number of rotatable bonds is 8. The van der Waals surface area contributed by atoms with Gasteiger partial charge >= 0.3 is 0 Å². The number of nitrogens with two attached hydrogens (primary N) is 1. The number of aliphatic hydroxyl groups excluding tert-OH is 1. The Morgan fingerprint density at radius 2 is 1.90 bits per heavy atom. The molecule has 0 aliphatic heterocycles. The van der Waals surface area contributed by atoms with Crippen LogP contribution in [0.1, 0.15) is 32.4 Å². The first-order chi connectivity index (χ1) is 14.0. The zero-order chi connectivity index (χ0) is 21.0. The predicted molar refractivity (Wildman–Crippen MR) is 113 cm³/mol. The number of carbonyl (C=O) groups is 1. The van der Waals surface area contributed by atoms with Gasteiger partial charge in [-0.1, -0.05) is 44.2 Å². The number of amides is 1. The fraction of sp³-hybridized carbons (Fsp3) is 0.304. The van der Waals surface area contributed by atoms with Crippen LogP contribution in [0, 0.1) is 5.92 Å². The summed E-state index contributed by atoms with van der Waals surface area (Å²) in [4.78, 5) is 16.9. The van der Waals surface area contributed by atoms with E-state index >= 15 is 0 Å². The number of aromatic nitrogens is 2. The van der Waals surface area contributed by atoms with E-state index < -0.39 is 11.9 Å². The van der Waals surface area contributed by atoms with Gasteiger partial charge in [-0.3, -0.25) is 4.79 Å². The number of ether oxygens (including phenoxy) is 1. The second-order valence-corrected chi connectivity index (χ2v) is 7.22. The Kier molecular flexibility index (Phi) is 6.34. The van der Waals surface area contributed by atoms with Crippen molar-refractivity contribution in [3.63, 3.8) is 0 Å². The van der Waals surface area contributed by atoms with Crippen molar-refractivity contribution < 1.29 is 14.6 Å². The molecular formula is C23H27N3O3. The molecule has 1 amide bonds. The van der Waals surface area contributed by atoms with E-state index in [0.29, 0.717) is 17.9 Å². The van der Waals surface area contributed by atoms with E-state index in [4.69, 9.17) is 10.5 Å². The summed E-state index contributed by atoms with van der Waals surface area (Å²) in [5.74, 6) is 0.219. The fourth-order valence-electron chi connectivity index (χ4n) is 3.60. The summed E-state index contributed by atoms with van der Waals surface area (Å²) < 4.78 is 7.45. The normalized spacial score (nSPS) is 12.2. The molecular weight excluding hydrogens is 366 g/mol. The molecule has 0 saturated heterocycles. The zero-order valence-corrected chi connectivity index (χ0v) is 17.0. The quantitative estimate of drug-likeness (QED) is 0.609. The van der Waals surface area contributed by atoms with E-state index in [1.807, 2.05) is 73.9 Å². The molecule has 0 bridgehead atoms. The first-order valence-electron chi connectivity index (χ1n) is 9.76. The van der Waals surface area contributed by atoms with Crippen molar-refractivity contribution in [3.05, 3.63) is 60.4 Å². The molecule has 3 N–H and O–H groups in total. The number of primary amides is 1. The van der Waals surface area contributed by atoms with Crippen LogP contribution in [0.15, 0.2) is 54.9 Å². The van der Waals surface area contributed by atoms with E-state index in [0.717, 1.165) is 22.5 Å². The molecule has 0 aliphatic rings. The number of hydrogen-bond acceptors (Lipinski definition) is 4. The van der Waals surface area contributed by atoms with Crippen molar-refractivity contribution >= 4 is 5.91 Å². The van der Waals surface area contributed by atoms with Gasteiger partial charge in [0.2, 0.25) is 5.91 Å². The highest BCUT2D eigenvalue weighted by molar-refractivity contribution is 5.83. The Morgan fingerprint density at radius 3 is 2.48 bits per heavy atom. The number of imidazole rings is 1. The molecule has 2 aromatic carbocycles. The lowest BCUT2D eigenvalue weighted by atomic mass is 9.99. The van der Waals surface area contributed by atoms with Crippen LogP contribution in [-0.4, -0.2) is 27.2 Å². The molecule has 3 aromatic rings. The lowest BCUT2D eigenvalue weighted by molar-refractivity contribution is -0.122. The third-order valence-electron chi connectivity index (χ3n) is 4.87. The summed E-state index contributed by atoms with van der Waals surface area (Å²) in [6, 6.07) is 14.9. The van der Waals surface area contributed by atoms with Crippen LogP contribution in [0.25, 0.3) is 22.5 Å². The smallest absolute Gasteiger partial charge is 0.240 e. The topological polar surface area (TPSA) is 90.4 Å². The van der Waals surface area contributed by atoms with Crippen molar-refractivity contribution in [2.24, 2.45) is 11.7 Å². The van der Waals surface area contributed by atoms with E-state index in [2.05, 4.69) is 4.98 Å². The first kappa shape index (κ1) is 20.6. The largest absolute Gasteiger partial charge is 0.494 e. The van der Waals surface area contributed by atoms with Gasteiger partial charge in [0, 0.05) is 16.7 Å². The molecule has 0 aliphatic carbocycles. The summed E-state index contributed by atoms with van der Waals surface area (Å²) in [6.45, 7) is 6.17. The second kappa shape index (κ2) is 8.92. The molecule has 1 atom stereocenters. The summed E-state index contributed by atoms with van der Waals surface area (Å²) in [6.07, 6.45) is 1.67. The molecule has 1 aromatic heterocycles. The van der Waals surface area contributed by atoms with Crippen LogP contribution in [0.2, 0.25) is 0 Å². The molecule has 0 saturated carbocycles. The number of benzene rings is 2. The number of aliphatic hydroxyl groups is 1. The molecule has 0 spiro atoms. The predicted octanol–water partition coefficient (Wildman–Crippen LogP) is 3.79. The molecule has 0 fully saturated rings. The lowest BCUT2D eigenvalue weighted by Crippen LogP contribution is -2.30. The van der Waals surface area contributed by atoms with Crippen LogP contribution in [-0.2, 0) is 11.4 Å². The Labute approximate surface area is 171 Å². The number of carbonyl (C=O) groups excluding carboxylic acids is 1. The zero-order valence-electron chi connectivity index (χ0n) is 17.0. The van der Waals surface area contributed by atoms with Gasteiger partial charge in [-0.15, -0.1) is 0 Å². The Hall–Kier alpha value is -3.12. The van der Waals surface area contributed by atoms with Crippen LogP contribution < -0.4 is 10.5 Å². The minimum absolute atomic E-state index is 0.0101. The highest BCUT2D eigenvalue weighted by Gasteiger charge is 2.27. The van der Waals surface area contributed by atoms with Gasteiger partial charge in [-0.25, -0.2) is 4.98 Å². The summed E-state index contributed by atoms with van der Waals surface area (Å²) >= 11 is 0. The van der Waals surface area contributed by atoms with E-state index in [-0.39, 0.29) is 12.5 Å².